The highest BCUT2D eigenvalue weighted by Crippen LogP contribution is 2.43. The van der Waals surface area contributed by atoms with Crippen LogP contribution in [0.3, 0.4) is 0 Å². The summed E-state index contributed by atoms with van der Waals surface area (Å²) < 4.78 is 4.99. The lowest BCUT2D eigenvalue weighted by Gasteiger charge is -2.41. The zero-order chi connectivity index (χ0) is 12.3. The highest BCUT2D eigenvalue weighted by molar-refractivity contribution is 5.76. The summed E-state index contributed by atoms with van der Waals surface area (Å²) in [7, 11) is 1.83. The van der Waals surface area contributed by atoms with Crippen LogP contribution in [0, 0.1) is 5.41 Å². The van der Waals surface area contributed by atoms with Gasteiger partial charge in [-0.2, -0.15) is 0 Å². The number of hydrogen-bond acceptors (Lipinski definition) is 3. The molecule has 1 aromatic rings. The summed E-state index contributed by atoms with van der Waals surface area (Å²) in [4.78, 5) is 13.8. The lowest BCUT2D eigenvalue weighted by Crippen LogP contribution is -2.42. The zero-order valence-electron chi connectivity index (χ0n) is 10.3. The van der Waals surface area contributed by atoms with Crippen LogP contribution in [0.25, 0.3) is 0 Å². The second-order valence-corrected chi connectivity index (χ2v) is 5.12. The van der Waals surface area contributed by atoms with Crippen molar-refractivity contribution in [1.29, 1.82) is 0 Å². The van der Waals surface area contributed by atoms with Crippen LogP contribution in [0.1, 0.15) is 31.2 Å². The molecule has 0 radical (unpaired) electrons. The summed E-state index contributed by atoms with van der Waals surface area (Å²) in [5.41, 5.74) is 6.88. The molecule has 2 rings (SSSR count). The van der Waals surface area contributed by atoms with Crippen molar-refractivity contribution in [3.63, 3.8) is 0 Å². The minimum Gasteiger partial charge on any atom is -0.472 e. The monoisotopic (exact) mass is 236 g/mol. The first-order valence-corrected chi connectivity index (χ1v) is 6.10. The molecule has 4 nitrogen and oxygen atoms in total. The van der Waals surface area contributed by atoms with Crippen molar-refractivity contribution in [3.8, 4) is 0 Å². The largest absolute Gasteiger partial charge is 0.472 e. The van der Waals surface area contributed by atoms with Crippen LogP contribution in [0.2, 0.25) is 0 Å². The van der Waals surface area contributed by atoms with Crippen LogP contribution in [0.4, 0.5) is 0 Å². The Morgan fingerprint density at radius 1 is 1.59 bits per heavy atom. The van der Waals surface area contributed by atoms with E-state index in [1.165, 1.54) is 6.42 Å². The van der Waals surface area contributed by atoms with Crippen LogP contribution < -0.4 is 5.73 Å². The highest BCUT2D eigenvalue weighted by Gasteiger charge is 2.38. The number of hydrogen-bond donors (Lipinski definition) is 1. The Morgan fingerprint density at radius 3 is 2.82 bits per heavy atom. The Balaban J connectivity index is 1.87. The van der Waals surface area contributed by atoms with E-state index in [4.69, 9.17) is 10.2 Å². The number of carbonyl (C=O) groups excluding carboxylic acids is 1. The van der Waals surface area contributed by atoms with Crippen molar-refractivity contribution >= 4 is 5.91 Å². The molecule has 4 heteroatoms. The highest BCUT2D eigenvalue weighted by atomic mass is 16.3. The van der Waals surface area contributed by atoms with E-state index in [0.29, 0.717) is 19.5 Å². The molecular weight excluding hydrogens is 216 g/mol. The first-order valence-electron chi connectivity index (χ1n) is 6.10. The van der Waals surface area contributed by atoms with E-state index in [-0.39, 0.29) is 11.3 Å². The maximum atomic E-state index is 12.1. The van der Waals surface area contributed by atoms with Gasteiger partial charge in [0, 0.05) is 25.6 Å². The van der Waals surface area contributed by atoms with Crippen molar-refractivity contribution < 1.29 is 9.21 Å². The molecule has 1 aliphatic rings. The molecule has 2 N–H and O–H groups in total. The van der Waals surface area contributed by atoms with Crippen LogP contribution >= 0.6 is 0 Å². The minimum absolute atomic E-state index is 0.0851. The van der Waals surface area contributed by atoms with Gasteiger partial charge in [-0.25, -0.2) is 0 Å². The standard InChI is InChI=1S/C13H20N2O2/c1-15(8-11-3-6-17-9-11)12(16)7-13(10-14)4-2-5-13/h3,6,9H,2,4-5,7-8,10,14H2,1H3. The third-order valence-corrected chi connectivity index (χ3v) is 3.80. The van der Waals surface area contributed by atoms with E-state index in [9.17, 15) is 4.79 Å². The van der Waals surface area contributed by atoms with E-state index >= 15 is 0 Å². The molecule has 1 aliphatic carbocycles. The van der Waals surface area contributed by atoms with E-state index in [2.05, 4.69) is 0 Å². The third kappa shape index (κ3) is 2.69. The quantitative estimate of drug-likeness (QED) is 0.847. The van der Waals surface area contributed by atoms with Crippen molar-refractivity contribution in [2.24, 2.45) is 11.1 Å². The first-order chi connectivity index (χ1) is 8.15. The SMILES string of the molecule is CN(Cc1ccoc1)C(=O)CC1(CN)CCC1. The second kappa shape index (κ2) is 4.92. The number of nitrogens with zero attached hydrogens (tertiary/aromatic N) is 1. The van der Waals surface area contributed by atoms with Crippen LogP contribution in [-0.2, 0) is 11.3 Å². The van der Waals surface area contributed by atoms with Crippen molar-refractivity contribution in [3.05, 3.63) is 24.2 Å². The molecule has 1 heterocycles. The number of furan rings is 1. The number of amides is 1. The lowest BCUT2D eigenvalue weighted by atomic mass is 9.66. The molecule has 1 fully saturated rings. The van der Waals surface area contributed by atoms with Gasteiger partial charge in [0.25, 0.3) is 0 Å². The maximum absolute atomic E-state index is 12.1. The molecule has 0 aliphatic heterocycles. The summed E-state index contributed by atoms with van der Waals surface area (Å²) in [5.74, 6) is 0.177. The second-order valence-electron chi connectivity index (χ2n) is 5.12. The summed E-state index contributed by atoms with van der Waals surface area (Å²) >= 11 is 0. The van der Waals surface area contributed by atoms with Crippen LogP contribution in [-0.4, -0.2) is 24.4 Å². The van der Waals surface area contributed by atoms with Crippen molar-refractivity contribution in [1.82, 2.24) is 4.90 Å². The Labute approximate surface area is 102 Å². The van der Waals surface area contributed by atoms with Gasteiger partial charge < -0.3 is 15.1 Å². The van der Waals surface area contributed by atoms with Gasteiger partial charge in [-0.3, -0.25) is 4.79 Å². The van der Waals surface area contributed by atoms with E-state index in [0.717, 1.165) is 18.4 Å². The smallest absolute Gasteiger partial charge is 0.223 e. The molecule has 17 heavy (non-hydrogen) atoms. The molecule has 0 unspecified atom stereocenters. The van der Waals surface area contributed by atoms with E-state index < -0.39 is 0 Å². The average molecular weight is 236 g/mol. The molecule has 0 spiro atoms. The third-order valence-electron chi connectivity index (χ3n) is 3.80. The molecule has 1 amide bonds. The Kier molecular flexibility index (Phi) is 3.52. The molecule has 0 bridgehead atoms. The summed E-state index contributed by atoms with van der Waals surface area (Å²) in [6.07, 6.45) is 7.27. The van der Waals surface area contributed by atoms with Gasteiger partial charge in [0.15, 0.2) is 0 Å². The minimum atomic E-state index is 0.0851. The number of carbonyl (C=O) groups is 1. The summed E-state index contributed by atoms with van der Waals surface area (Å²) in [5, 5.41) is 0. The van der Waals surface area contributed by atoms with Crippen molar-refractivity contribution in [2.45, 2.75) is 32.2 Å². The number of rotatable bonds is 5. The molecule has 1 saturated carbocycles. The van der Waals surface area contributed by atoms with Crippen LogP contribution in [0.5, 0.6) is 0 Å². The Morgan fingerprint density at radius 2 is 2.35 bits per heavy atom. The number of nitrogens with two attached hydrogens (primary N) is 1. The Bertz CT molecular complexity index is 363. The predicted octanol–water partition coefficient (Wildman–Crippen LogP) is 1.76. The predicted molar refractivity (Wildman–Crippen MR) is 65.1 cm³/mol. The van der Waals surface area contributed by atoms with Gasteiger partial charge in [-0.1, -0.05) is 6.42 Å². The van der Waals surface area contributed by atoms with Gasteiger partial charge >= 0.3 is 0 Å². The molecule has 94 valence electrons. The lowest BCUT2D eigenvalue weighted by molar-refractivity contribution is -0.134. The summed E-state index contributed by atoms with van der Waals surface area (Å²) in [6.45, 7) is 1.23. The van der Waals surface area contributed by atoms with E-state index in [1.54, 1.807) is 17.4 Å². The normalized spacial score (nSPS) is 17.5. The topological polar surface area (TPSA) is 59.5 Å². The maximum Gasteiger partial charge on any atom is 0.223 e. The fourth-order valence-corrected chi connectivity index (χ4v) is 2.33. The van der Waals surface area contributed by atoms with Gasteiger partial charge in [0.1, 0.15) is 0 Å². The fraction of sp³-hybridized carbons (Fsp3) is 0.615. The molecule has 1 aromatic heterocycles. The molecule has 0 aromatic carbocycles. The van der Waals surface area contributed by atoms with Gasteiger partial charge in [-0.15, -0.1) is 0 Å². The molecule has 0 saturated heterocycles. The molecular formula is C13H20N2O2. The van der Waals surface area contributed by atoms with Gasteiger partial charge in [-0.05, 0) is 30.9 Å². The van der Waals surface area contributed by atoms with Crippen molar-refractivity contribution in [2.75, 3.05) is 13.6 Å². The Hall–Kier alpha value is -1.29. The average Bonchev–Trinajstić information content (AvgIpc) is 2.75. The van der Waals surface area contributed by atoms with E-state index in [1.807, 2.05) is 13.1 Å². The van der Waals surface area contributed by atoms with Gasteiger partial charge in [0.2, 0.25) is 5.91 Å². The molecule has 0 atom stereocenters. The van der Waals surface area contributed by atoms with Crippen LogP contribution in [0.15, 0.2) is 23.0 Å². The fourth-order valence-electron chi connectivity index (χ4n) is 2.33. The first kappa shape index (κ1) is 12.2. The van der Waals surface area contributed by atoms with Gasteiger partial charge in [0.05, 0.1) is 12.5 Å². The zero-order valence-corrected chi connectivity index (χ0v) is 10.3. The summed E-state index contributed by atoms with van der Waals surface area (Å²) in [6, 6.07) is 1.88.